The SMILES string of the molecule is CCc1cccc(C)c1-n1c(C)cc2c1CCCC2N. The normalized spacial score (nSPS) is 18.1. The molecular formula is C18H24N2. The molecule has 0 aliphatic heterocycles. The average molecular weight is 268 g/mol. The first-order valence-electron chi connectivity index (χ1n) is 7.69. The predicted molar refractivity (Wildman–Crippen MR) is 84.5 cm³/mol. The van der Waals surface area contributed by atoms with Crippen molar-refractivity contribution in [1.82, 2.24) is 4.57 Å². The Morgan fingerprint density at radius 3 is 2.85 bits per heavy atom. The van der Waals surface area contributed by atoms with E-state index in [0.29, 0.717) is 0 Å². The van der Waals surface area contributed by atoms with Gasteiger partial charge in [0.25, 0.3) is 0 Å². The Bertz CT molecular complexity index is 637. The molecule has 0 amide bonds. The van der Waals surface area contributed by atoms with Crippen LogP contribution in [0.25, 0.3) is 5.69 Å². The summed E-state index contributed by atoms with van der Waals surface area (Å²) in [5.41, 5.74) is 14.6. The average Bonchev–Trinajstić information content (AvgIpc) is 2.76. The van der Waals surface area contributed by atoms with Crippen molar-refractivity contribution in [2.45, 2.75) is 52.5 Å². The van der Waals surface area contributed by atoms with Crippen molar-refractivity contribution in [2.24, 2.45) is 5.73 Å². The van der Waals surface area contributed by atoms with Crippen molar-refractivity contribution in [2.75, 3.05) is 0 Å². The highest BCUT2D eigenvalue weighted by atomic mass is 15.0. The van der Waals surface area contributed by atoms with Gasteiger partial charge in [0, 0.05) is 17.4 Å². The van der Waals surface area contributed by atoms with E-state index in [1.54, 1.807) is 0 Å². The smallest absolute Gasteiger partial charge is 0.0516 e. The molecule has 1 aromatic carbocycles. The molecule has 2 aromatic rings. The number of nitrogens with zero attached hydrogens (tertiary/aromatic N) is 1. The Labute approximate surface area is 121 Å². The van der Waals surface area contributed by atoms with Crippen molar-refractivity contribution < 1.29 is 0 Å². The van der Waals surface area contributed by atoms with Gasteiger partial charge in [-0.2, -0.15) is 0 Å². The van der Waals surface area contributed by atoms with Crippen LogP contribution in [0.1, 0.15) is 53.9 Å². The number of rotatable bonds is 2. The highest BCUT2D eigenvalue weighted by Gasteiger charge is 2.24. The number of hydrogen-bond acceptors (Lipinski definition) is 1. The van der Waals surface area contributed by atoms with Crippen LogP contribution >= 0.6 is 0 Å². The number of fused-ring (bicyclic) bond motifs is 1. The summed E-state index contributed by atoms with van der Waals surface area (Å²) in [5.74, 6) is 0. The number of aromatic nitrogens is 1. The van der Waals surface area contributed by atoms with E-state index in [1.807, 2.05) is 0 Å². The summed E-state index contributed by atoms with van der Waals surface area (Å²) in [7, 11) is 0. The van der Waals surface area contributed by atoms with Crippen LogP contribution in [-0.4, -0.2) is 4.57 Å². The summed E-state index contributed by atoms with van der Waals surface area (Å²) < 4.78 is 2.46. The molecule has 1 unspecified atom stereocenters. The highest BCUT2D eigenvalue weighted by molar-refractivity contribution is 5.52. The first kappa shape index (κ1) is 13.4. The van der Waals surface area contributed by atoms with Gasteiger partial charge in [-0.15, -0.1) is 0 Å². The van der Waals surface area contributed by atoms with Crippen LogP contribution < -0.4 is 5.73 Å². The Kier molecular flexibility index (Phi) is 3.43. The van der Waals surface area contributed by atoms with Crippen molar-refractivity contribution in [3.63, 3.8) is 0 Å². The lowest BCUT2D eigenvalue weighted by molar-refractivity contribution is 0.559. The Morgan fingerprint density at radius 2 is 2.10 bits per heavy atom. The van der Waals surface area contributed by atoms with Crippen LogP contribution in [0.4, 0.5) is 0 Å². The second-order valence-electron chi connectivity index (χ2n) is 5.96. The van der Waals surface area contributed by atoms with Gasteiger partial charge in [0.1, 0.15) is 0 Å². The van der Waals surface area contributed by atoms with Crippen molar-refractivity contribution in [3.8, 4) is 5.69 Å². The van der Waals surface area contributed by atoms with Crippen molar-refractivity contribution in [1.29, 1.82) is 0 Å². The fraction of sp³-hybridized carbons (Fsp3) is 0.444. The van der Waals surface area contributed by atoms with Crippen LogP contribution in [-0.2, 0) is 12.8 Å². The molecule has 20 heavy (non-hydrogen) atoms. The number of benzene rings is 1. The third kappa shape index (κ3) is 1.99. The fourth-order valence-corrected chi connectivity index (χ4v) is 3.57. The lowest BCUT2D eigenvalue weighted by atomic mass is 9.93. The number of para-hydroxylation sites is 1. The van der Waals surface area contributed by atoms with E-state index in [2.05, 4.69) is 49.6 Å². The van der Waals surface area contributed by atoms with Gasteiger partial charge >= 0.3 is 0 Å². The Balaban J connectivity index is 2.26. The quantitative estimate of drug-likeness (QED) is 0.877. The summed E-state index contributed by atoms with van der Waals surface area (Å²) in [5, 5.41) is 0. The molecule has 2 heteroatoms. The molecule has 0 radical (unpaired) electrons. The van der Waals surface area contributed by atoms with E-state index in [1.165, 1.54) is 40.2 Å². The predicted octanol–water partition coefficient (Wildman–Crippen LogP) is 3.99. The summed E-state index contributed by atoms with van der Waals surface area (Å²) >= 11 is 0. The monoisotopic (exact) mass is 268 g/mol. The lowest BCUT2D eigenvalue weighted by Gasteiger charge is -2.23. The van der Waals surface area contributed by atoms with Gasteiger partial charge in [0.15, 0.2) is 0 Å². The number of nitrogens with two attached hydrogens (primary N) is 1. The third-order valence-corrected chi connectivity index (χ3v) is 4.57. The van der Waals surface area contributed by atoms with Crippen molar-refractivity contribution >= 4 is 0 Å². The highest BCUT2D eigenvalue weighted by Crippen LogP contribution is 2.34. The van der Waals surface area contributed by atoms with Crippen LogP contribution in [0.5, 0.6) is 0 Å². The van der Waals surface area contributed by atoms with E-state index >= 15 is 0 Å². The molecule has 1 heterocycles. The van der Waals surface area contributed by atoms with E-state index in [9.17, 15) is 0 Å². The van der Waals surface area contributed by atoms with Gasteiger partial charge in [0.2, 0.25) is 0 Å². The number of aryl methyl sites for hydroxylation is 3. The molecule has 0 saturated carbocycles. The molecule has 1 atom stereocenters. The molecule has 1 aliphatic carbocycles. The van der Waals surface area contributed by atoms with E-state index in [0.717, 1.165) is 19.3 Å². The maximum atomic E-state index is 6.30. The molecule has 0 spiro atoms. The zero-order valence-corrected chi connectivity index (χ0v) is 12.7. The summed E-state index contributed by atoms with van der Waals surface area (Å²) in [4.78, 5) is 0. The minimum atomic E-state index is 0.216. The molecular weight excluding hydrogens is 244 g/mol. The van der Waals surface area contributed by atoms with E-state index in [4.69, 9.17) is 5.73 Å². The molecule has 1 aliphatic rings. The van der Waals surface area contributed by atoms with Gasteiger partial charge in [0.05, 0.1) is 5.69 Å². The van der Waals surface area contributed by atoms with Crippen LogP contribution in [0.2, 0.25) is 0 Å². The van der Waals surface area contributed by atoms with Gasteiger partial charge < -0.3 is 10.3 Å². The fourth-order valence-electron chi connectivity index (χ4n) is 3.57. The standard InChI is InChI=1S/C18H24N2/c1-4-14-8-5-7-12(2)18(14)20-13(3)11-15-16(19)9-6-10-17(15)20/h5,7-8,11,16H,4,6,9-10,19H2,1-3H3. The van der Waals surface area contributed by atoms with Crippen LogP contribution in [0, 0.1) is 13.8 Å². The summed E-state index contributed by atoms with van der Waals surface area (Å²) in [6.45, 7) is 6.65. The molecule has 3 rings (SSSR count). The topological polar surface area (TPSA) is 30.9 Å². The van der Waals surface area contributed by atoms with Crippen LogP contribution in [0.3, 0.4) is 0 Å². The van der Waals surface area contributed by atoms with Gasteiger partial charge in [-0.25, -0.2) is 0 Å². The Hall–Kier alpha value is -1.54. The molecule has 106 valence electrons. The van der Waals surface area contributed by atoms with Gasteiger partial charge in [-0.3, -0.25) is 0 Å². The first-order valence-corrected chi connectivity index (χ1v) is 7.69. The molecule has 0 bridgehead atoms. The van der Waals surface area contributed by atoms with Gasteiger partial charge in [-0.1, -0.05) is 25.1 Å². The van der Waals surface area contributed by atoms with E-state index in [-0.39, 0.29) is 6.04 Å². The largest absolute Gasteiger partial charge is 0.324 e. The van der Waals surface area contributed by atoms with Crippen LogP contribution in [0.15, 0.2) is 24.3 Å². The number of hydrogen-bond donors (Lipinski definition) is 1. The maximum Gasteiger partial charge on any atom is 0.0516 e. The molecule has 2 N–H and O–H groups in total. The minimum Gasteiger partial charge on any atom is -0.324 e. The molecule has 2 nitrogen and oxygen atoms in total. The van der Waals surface area contributed by atoms with Crippen molar-refractivity contribution in [3.05, 3.63) is 52.3 Å². The zero-order valence-electron chi connectivity index (χ0n) is 12.7. The summed E-state index contributed by atoms with van der Waals surface area (Å²) in [6.07, 6.45) is 4.53. The van der Waals surface area contributed by atoms with E-state index < -0.39 is 0 Å². The minimum absolute atomic E-state index is 0.216. The maximum absolute atomic E-state index is 6.30. The second kappa shape index (κ2) is 5.10. The second-order valence-corrected chi connectivity index (χ2v) is 5.96. The third-order valence-electron chi connectivity index (χ3n) is 4.57. The molecule has 1 aromatic heterocycles. The Morgan fingerprint density at radius 1 is 1.30 bits per heavy atom. The first-order chi connectivity index (χ1) is 9.63. The molecule has 0 fully saturated rings. The van der Waals surface area contributed by atoms with Gasteiger partial charge in [-0.05, 0) is 62.3 Å². The molecule has 0 saturated heterocycles. The lowest BCUT2D eigenvalue weighted by Crippen LogP contribution is -2.18. The zero-order chi connectivity index (χ0) is 14.3. The summed E-state index contributed by atoms with van der Waals surface area (Å²) in [6, 6.07) is 9.13.